The fourth-order valence-electron chi connectivity index (χ4n) is 7.99. The first kappa shape index (κ1) is 28.2. The van der Waals surface area contributed by atoms with Gasteiger partial charge in [0.05, 0.1) is 22.1 Å². The monoisotopic (exact) mass is 619 g/mol. The van der Waals surface area contributed by atoms with Gasteiger partial charge in [-0.3, -0.25) is 14.6 Å². The first-order chi connectivity index (χ1) is 23.5. The molecule has 0 aliphatic heterocycles. The van der Waals surface area contributed by atoms with Crippen LogP contribution in [0.15, 0.2) is 142 Å². The molecule has 8 aromatic rings. The third kappa shape index (κ3) is 3.88. The quantitative estimate of drug-likeness (QED) is 0.140. The van der Waals surface area contributed by atoms with Gasteiger partial charge in [-0.05, 0) is 70.4 Å². The lowest BCUT2D eigenvalue weighted by molar-refractivity contribution is 0.660. The van der Waals surface area contributed by atoms with Gasteiger partial charge in [-0.25, -0.2) is 4.99 Å². The minimum Gasteiger partial charge on any atom is -0.307 e. The summed E-state index contributed by atoms with van der Waals surface area (Å²) >= 11 is 0. The molecule has 0 saturated heterocycles. The second-order valence-corrected chi connectivity index (χ2v) is 13.0. The molecule has 5 heteroatoms. The average Bonchev–Trinajstić information content (AvgIpc) is 3.72. The zero-order valence-corrected chi connectivity index (χ0v) is 27.1. The lowest BCUT2D eigenvalue weighted by atomic mass is 9.82. The SMILES string of the molecule is C=N/C=N\C(=N/C)n1c2ccccc2c2ccc3c4ccccc4n(-c4ccc(-c5ccc6c(c5)-c5ccccc5C6(C)C)cc4)c3c21. The second-order valence-electron chi connectivity index (χ2n) is 13.0. The number of para-hydroxylation sites is 2. The van der Waals surface area contributed by atoms with Crippen LogP contribution in [0.3, 0.4) is 0 Å². The van der Waals surface area contributed by atoms with E-state index in [1.165, 1.54) is 50.5 Å². The molecule has 0 N–H and O–H groups in total. The van der Waals surface area contributed by atoms with Crippen molar-refractivity contribution in [1.29, 1.82) is 0 Å². The van der Waals surface area contributed by atoms with Crippen LogP contribution in [0.1, 0.15) is 25.0 Å². The highest BCUT2D eigenvalue weighted by atomic mass is 15.2. The highest BCUT2D eigenvalue weighted by Crippen LogP contribution is 2.49. The number of hydrogen-bond acceptors (Lipinski definition) is 1. The van der Waals surface area contributed by atoms with Gasteiger partial charge < -0.3 is 4.57 Å². The fraction of sp³-hybridized carbons (Fsp3) is 0.0930. The molecule has 0 fully saturated rings. The van der Waals surface area contributed by atoms with Crippen molar-refractivity contribution in [3.63, 3.8) is 0 Å². The number of aliphatic imine (C=N–C) groups is 3. The van der Waals surface area contributed by atoms with Gasteiger partial charge in [0.15, 0.2) is 0 Å². The van der Waals surface area contributed by atoms with Gasteiger partial charge in [0, 0.05) is 39.7 Å². The van der Waals surface area contributed by atoms with Crippen LogP contribution < -0.4 is 0 Å². The highest BCUT2D eigenvalue weighted by Gasteiger charge is 2.35. The van der Waals surface area contributed by atoms with E-state index in [0.717, 1.165) is 38.5 Å². The molecule has 9 rings (SSSR count). The van der Waals surface area contributed by atoms with E-state index < -0.39 is 0 Å². The Morgan fingerprint density at radius 1 is 0.625 bits per heavy atom. The van der Waals surface area contributed by atoms with Crippen LogP contribution in [0.25, 0.3) is 71.6 Å². The maximum Gasteiger partial charge on any atom is 0.231 e. The Kier molecular flexibility index (Phi) is 6.15. The van der Waals surface area contributed by atoms with Crippen LogP contribution in [-0.2, 0) is 5.41 Å². The summed E-state index contributed by atoms with van der Waals surface area (Å²) in [6.45, 7) is 8.25. The second kappa shape index (κ2) is 10.5. The van der Waals surface area contributed by atoms with Crippen molar-refractivity contribution in [3.8, 4) is 27.9 Å². The van der Waals surface area contributed by atoms with Crippen molar-refractivity contribution < 1.29 is 0 Å². The van der Waals surface area contributed by atoms with Gasteiger partial charge in [-0.15, -0.1) is 0 Å². The van der Waals surface area contributed by atoms with Gasteiger partial charge >= 0.3 is 0 Å². The molecule has 0 amide bonds. The van der Waals surface area contributed by atoms with Crippen LogP contribution in [0, 0.1) is 0 Å². The van der Waals surface area contributed by atoms with Crippen molar-refractivity contribution >= 4 is 62.6 Å². The Morgan fingerprint density at radius 2 is 1.25 bits per heavy atom. The van der Waals surface area contributed by atoms with Crippen molar-refractivity contribution in [3.05, 3.63) is 139 Å². The van der Waals surface area contributed by atoms with E-state index in [1.54, 1.807) is 7.05 Å². The molecule has 5 nitrogen and oxygen atoms in total. The van der Waals surface area contributed by atoms with Gasteiger partial charge in [0.2, 0.25) is 5.96 Å². The zero-order chi connectivity index (χ0) is 32.6. The minimum atomic E-state index is -0.00545. The van der Waals surface area contributed by atoms with E-state index in [9.17, 15) is 0 Å². The molecule has 1 aliphatic rings. The Balaban J connectivity index is 1.28. The van der Waals surface area contributed by atoms with Crippen molar-refractivity contribution in [1.82, 2.24) is 9.13 Å². The summed E-state index contributed by atoms with van der Waals surface area (Å²) in [5.41, 5.74) is 13.3. The summed E-state index contributed by atoms with van der Waals surface area (Å²) in [5, 5.41) is 4.66. The largest absolute Gasteiger partial charge is 0.307 e. The lowest BCUT2D eigenvalue weighted by Crippen LogP contribution is -2.14. The number of hydrogen-bond donors (Lipinski definition) is 0. The summed E-state index contributed by atoms with van der Waals surface area (Å²) in [4.78, 5) is 13.1. The molecule has 2 aromatic heterocycles. The number of fused-ring (bicyclic) bond motifs is 10. The average molecular weight is 620 g/mol. The van der Waals surface area contributed by atoms with Crippen LogP contribution in [0.5, 0.6) is 0 Å². The minimum absolute atomic E-state index is 0.00545. The summed E-state index contributed by atoms with van der Waals surface area (Å²) in [6.07, 6.45) is 1.45. The van der Waals surface area contributed by atoms with Crippen LogP contribution >= 0.6 is 0 Å². The molecule has 0 atom stereocenters. The Morgan fingerprint density at radius 3 is 2.00 bits per heavy atom. The normalized spacial score (nSPS) is 14.0. The summed E-state index contributed by atoms with van der Waals surface area (Å²) < 4.78 is 4.54. The zero-order valence-electron chi connectivity index (χ0n) is 27.1. The number of rotatable bonds is 3. The van der Waals surface area contributed by atoms with Gasteiger partial charge in [0.1, 0.15) is 6.34 Å². The molecular weight excluding hydrogens is 587 g/mol. The van der Waals surface area contributed by atoms with Crippen LogP contribution in [0.2, 0.25) is 0 Å². The van der Waals surface area contributed by atoms with Crippen LogP contribution in [-0.4, -0.2) is 35.2 Å². The van der Waals surface area contributed by atoms with Gasteiger partial charge in [-0.1, -0.05) is 111 Å². The molecule has 0 unspecified atom stereocenters. The van der Waals surface area contributed by atoms with Crippen molar-refractivity contribution in [2.75, 3.05) is 7.05 Å². The molecule has 6 aromatic carbocycles. The summed E-state index contributed by atoms with van der Waals surface area (Å²) in [6, 6.07) is 46.3. The molecule has 0 radical (unpaired) electrons. The fourth-order valence-corrected chi connectivity index (χ4v) is 7.99. The Bertz CT molecular complexity index is 2660. The first-order valence-corrected chi connectivity index (χ1v) is 16.3. The van der Waals surface area contributed by atoms with E-state index in [2.05, 4.69) is 172 Å². The van der Waals surface area contributed by atoms with Crippen molar-refractivity contribution in [2.24, 2.45) is 15.0 Å². The maximum atomic E-state index is 4.61. The molecule has 0 saturated carbocycles. The molecular formula is C43H33N5. The molecule has 230 valence electrons. The summed E-state index contributed by atoms with van der Waals surface area (Å²) in [5.74, 6) is 0.551. The topological polar surface area (TPSA) is 46.9 Å². The third-order valence-electron chi connectivity index (χ3n) is 10.2. The van der Waals surface area contributed by atoms with E-state index in [-0.39, 0.29) is 5.41 Å². The third-order valence-corrected chi connectivity index (χ3v) is 10.2. The smallest absolute Gasteiger partial charge is 0.231 e. The Labute approximate surface area is 278 Å². The molecule has 1 aliphatic carbocycles. The van der Waals surface area contributed by atoms with Gasteiger partial charge in [0.25, 0.3) is 0 Å². The number of aromatic nitrogens is 2. The highest BCUT2D eigenvalue weighted by molar-refractivity contribution is 6.26. The Hall–Kier alpha value is -6.07. The first-order valence-electron chi connectivity index (χ1n) is 16.3. The summed E-state index contributed by atoms with van der Waals surface area (Å²) in [7, 11) is 1.77. The predicted octanol–water partition coefficient (Wildman–Crippen LogP) is 10.4. The number of benzene rings is 6. The van der Waals surface area contributed by atoms with E-state index in [1.807, 2.05) is 0 Å². The van der Waals surface area contributed by atoms with Crippen molar-refractivity contribution in [2.45, 2.75) is 19.3 Å². The van der Waals surface area contributed by atoms with E-state index >= 15 is 0 Å². The molecule has 48 heavy (non-hydrogen) atoms. The molecule has 2 heterocycles. The molecule has 0 spiro atoms. The predicted molar refractivity (Wildman–Crippen MR) is 204 cm³/mol. The maximum absolute atomic E-state index is 4.61. The molecule has 0 bridgehead atoms. The standard InChI is InChI=1S/C43H33N5/c1-43(2)36-14-8-5-11-30(36)35-25-28(19-24-37(35)43)27-17-20-29(21-18-27)47-38-15-9-6-12-31(38)33-22-23-34-32-13-7-10-16-39(32)48(41(34)40(33)47)42(45-4)46-26-44-3/h5-26H,3H2,1-2,4H3/b45-42+,46-26-. The van der Waals surface area contributed by atoms with E-state index in [0.29, 0.717) is 5.96 Å². The number of nitrogens with zero attached hydrogens (tertiary/aromatic N) is 5. The van der Waals surface area contributed by atoms with E-state index in [4.69, 9.17) is 0 Å². The van der Waals surface area contributed by atoms with Gasteiger partial charge in [-0.2, -0.15) is 0 Å². The van der Waals surface area contributed by atoms with Crippen LogP contribution in [0.4, 0.5) is 0 Å². The lowest BCUT2D eigenvalue weighted by Gasteiger charge is -2.21.